The number of aromatic nitrogens is 2. The van der Waals surface area contributed by atoms with Crippen molar-refractivity contribution in [3.05, 3.63) is 99.8 Å². The van der Waals surface area contributed by atoms with Crippen LogP contribution in [0.15, 0.2) is 78.5 Å². The number of aliphatic carboxylic acids is 1. The van der Waals surface area contributed by atoms with Gasteiger partial charge in [0.05, 0.1) is 47.6 Å². The number of benzene rings is 2. The van der Waals surface area contributed by atoms with E-state index in [1.165, 1.54) is 18.2 Å². The van der Waals surface area contributed by atoms with E-state index < -0.39 is 40.2 Å². The van der Waals surface area contributed by atoms with E-state index in [1.807, 2.05) is 10.8 Å². The Hall–Kier alpha value is -5.20. The third-order valence-corrected chi connectivity index (χ3v) is 7.96. The topological polar surface area (TPSA) is 172 Å². The third kappa shape index (κ3) is 7.31. The number of carbonyl (C=O) groups excluding carboxylic acids is 2. The van der Waals surface area contributed by atoms with Gasteiger partial charge in [-0.1, -0.05) is 12.1 Å². The number of nitrogens with zero attached hydrogens (tertiary/aromatic N) is 3. The zero-order valence-electron chi connectivity index (χ0n) is 25.3. The quantitative estimate of drug-likeness (QED) is 0.113. The highest BCUT2D eigenvalue weighted by molar-refractivity contribution is 5.94. The molecule has 2 heterocycles. The number of ether oxygens (including phenoxy) is 3. The summed E-state index contributed by atoms with van der Waals surface area (Å²) in [7, 11) is 0. The molecule has 0 bridgehead atoms. The minimum atomic E-state index is -1.64. The fourth-order valence-corrected chi connectivity index (χ4v) is 5.78. The van der Waals surface area contributed by atoms with Gasteiger partial charge in [0.1, 0.15) is 12.4 Å². The molecule has 2 N–H and O–H groups in total. The van der Waals surface area contributed by atoms with Crippen molar-refractivity contribution >= 4 is 23.6 Å². The minimum absolute atomic E-state index is 0.0168. The van der Waals surface area contributed by atoms with Gasteiger partial charge in [0.2, 0.25) is 0 Å². The summed E-state index contributed by atoms with van der Waals surface area (Å²) in [5, 5.41) is 25.5. The summed E-state index contributed by atoms with van der Waals surface area (Å²) in [6, 6.07) is 11.4. The van der Waals surface area contributed by atoms with Crippen LogP contribution in [0.2, 0.25) is 0 Å². The molecular weight excluding hydrogens is 584 g/mol. The van der Waals surface area contributed by atoms with Gasteiger partial charge in [0, 0.05) is 42.2 Å². The third-order valence-electron chi connectivity index (χ3n) is 7.96. The van der Waals surface area contributed by atoms with E-state index in [9.17, 15) is 29.6 Å². The Labute approximate surface area is 260 Å². The van der Waals surface area contributed by atoms with Gasteiger partial charge in [0.15, 0.2) is 0 Å². The highest BCUT2D eigenvalue weighted by atomic mass is 16.6. The molecule has 1 aromatic heterocycles. The molecule has 13 heteroatoms. The first-order valence-electron chi connectivity index (χ1n) is 14.6. The summed E-state index contributed by atoms with van der Waals surface area (Å²) >= 11 is 0. The molecule has 0 saturated carbocycles. The number of non-ortho nitro benzene ring substituents is 1. The smallest absolute Gasteiger partial charge is 0.338 e. The van der Waals surface area contributed by atoms with Crippen LogP contribution in [0, 0.1) is 15.5 Å². The van der Waals surface area contributed by atoms with Crippen LogP contribution >= 0.6 is 0 Å². The van der Waals surface area contributed by atoms with Crippen LogP contribution in [-0.2, 0) is 25.6 Å². The Bertz CT molecular complexity index is 1550. The van der Waals surface area contributed by atoms with Gasteiger partial charge in [-0.15, -0.1) is 0 Å². The van der Waals surface area contributed by atoms with Crippen molar-refractivity contribution in [3.8, 4) is 5.75 Å². The summed E-state index contributed by atoms with van der Waals surface area (Å²) < 4.78 is 18.4. The lowest BCUT2D eigenvalue weighted by Crippen LogP contribution is -2.56. The summed E-state index contributed by atoms with van der Waals surface area (Å²) in [6.45, 7) is 5.98. The molecule has 1 aliphatic heterocycles. The number of nitro benzene ring substituents is 1. The van der Waals surface area contributed by atoms with Crippen molar-refractivity contribution in [3.63, 3.8) is 0 Å². The molecule has 0 saturated heterocycles. The highest BCUT2D eigenvalue weighted by Crippen LogP contribution is 2.51. The standard InChI is InChI=1S/C32H36N4O9/c1-4-43-30(38)27-21(2)34-22(3)32(31(39)40,28(27)24-7-5-8-25(19-24)36(41)42)13-6-17-45-29(37)23-9-11-26(12-10-23)44-18-16-35-15-14-33-20-35/h5,7-12,14-15,19-20,22,28,34H,4,6,13,16-18H2,1-3H3,(H,39,40). The van der Waals surface area contributed by atoms with Crippen LogP contribution < -0.4 is 10.1 Å². The van der Waals surface area contributed by atoms with E-state index >= 15 is 0 Å². The van der Waals surface area contributed by atoms with E-state index in [-0.39, 0.29) is 37.3 Å². The second-order valence-electron chi connectivity index (χ2n) is 10.7. The molecule has 0 spiro atoms. The van der Waals surface area contributed by atoms with E-state index in [0.717, 1.165) is 0 Å². The molecule has 0 radical (unpaired) electrons. The van der Waals surface area contributed by atoms with E-state index in [2.05, 4.69) is 10.3 Å². The monoisotopic (exact) mass is 620 g/mol. The van der Waals surface area contributed by atoms with E-state index in [0.29, 0.717) is 35.7 Å². The lowest BCUT2D eigenvalue weighted by atomic mass is 9.60. The first kappa shape index (κ1) is 32.7. The molecule has 45 heavy (non-hydrogen) atoms. The number of esters is 2. The Morgan fingerprint density at radius 1 is 1.11 bits per heavy atom. The maximum atomic E-state index is 13.2. The van der Waals surface area contributed by atoms with Crippen LogP contribution in [-0.4, -0.2) is 63.4 Å². The Kier molecular flexibility index (Phi) is 10.6. The summed E-state index contributed by atoms with van der Waals surface area (Å²) in [6.07, 6.45) is 5.33. The van der Waals surface area contributed by atoms with Gasteiger partial charge in [-0.05, 0) is 63.4 Å². The molecule has 238 valence electrons. The van der Waals surface area contributed by atoms with E-state index in [4.69, 9.17) is 14.2 Å². The fraction of sp³-hybridized carbons (Fsp3) is 0.375. The maximum absolute atomic E-state index is 13.2. The molecule has 0 amide bonds. The number of carboxylic acids is 1. The minimum Gasteiger partial charge on any atom is -0.492 e. The zero-order chi connectivity index (χ0) is 32.6. The normalized spacial score (nSPS) is 19.4. The van der Waals surface area contributed by atoms with Crippen molar-refractivity contribution in [2.24, 2.45) is 5.41 Å². The summed E-state index contributed by atoms with van der Waals surface area (Å²) in [5.74, 6) is -3.00. The van der Waals surface area contributed by atoms with Crippen LogP contribution in [0.5, 0.6) is 5.75 Å². The van der Waals surface area contributed by atoms with Gasteiger partial charge in [-0.2, -0.15) is 0 Å². The average Bonchev–Trinajstić information content (AvgIpc) is 3.53. The Balaban J connectivity index is 1.50. The van der Waals surface area contributed by atoms with Crippen LogP contribution in [0.25, 0.3) is 0 Å². The second-order valence-corrected chi connectivity index (χ2v) is 10.7. The first-order valence-corrected chi connectivity index (χ1v) is 14.6. The number of rotatable bonds is 14. The van der Waals surface area contributed by atoms with Crippen LogP contribution in [0.4, 0.5) is 5.69 Å². The predicted molar refractivity (Wildman–Crippen MR) is 162 cm³/mol. The number of carboxylic acid groups (broad SMARTS) is 1. The largest absolute Gasteiger partial charge is 0.492 e. The first-order chi connectivity index (χ1) is 21.6. The number of nitro groups is 1. The molecule has 1 aliphatic rings. The van der Waals surface area contributed by atoms with Crippen molar-refractivity contribution in [2.45, 2.75) is 52.1 Å². The Morgan fingerprint density at radius 3 is 2.51 bits per heavy atom. The summed E-state index contributed by atoms with van der Waals surface area (Å²) in [5.41, 5.74) is -0.764. The molecule has 3 atom stereocenters. The average molecular weight is 621 g/mol. The van der Waals surface area contributed by atoms with Gasteiger partial charge in [-0.25, -0.2) is 14.6 Å². The number of carbonyl (C=O) groups is 3. The number of allylic oxidation sites excluding steroid dienone is 1. The predicted octanol–water partition coefficient (Wildman–Crippen LogP) is 4.49. The number of nitrogens with one attached hydrogen (secondary N) is 1. The molecule has 0 fully saturated rings. The lowest BCUT2D eigenvalue weighted by molar-refractivity contribution is -0.384. The highest BCUT2D eigenvalue weighted by Gasteiger charge is 2.56. The van der Waals surface area contributed by atoms with Crippen molar-refractivity contribution in [1.29, 1.82) is 0 Å². The van der Waals surface area contributed by atoms with Crippen molar-refractivity contribution in [1.82, 2.24) is 14.9 Å². The van der Waals surface area contributed by atoms with Crippen LogP contribution in [0.3, 0.4) is 0 Å². The van der Waals surface area contributed by atoms with E-state index in [1.54, 1.807) is 63.6 Å². The van der Waals surface area contributed by atoms with Gasteiger partial charge < -0.3 is 29.2 Å². The molecule has 13 nitrogen and oxygen atoms in total. The molecule has 2 aromatic carbocycles. The summed E-state index contributed by atoms with van der Waals surface area (Å²) in [4.78, 5) is 54.1. The van der Waals surface area contributed by atoms with Gasteiger partial charge >= 0.3 is 17.9 Å². The maximum Gasteiger partial charge on any atom is 0.338 e. The van der Waals surface area contributed by atoms with Crippen molar-refractivity contribution < 1.29 is 38.6 Å². The van der Waals surface area contributed by atoms with Gasteiger partial charge in [-0.3, -0.25) is 14.9 Å². The second kappa shape index (κ2) is 14.5. The molecule has 0 aliphatic carbocycles. The fourth-order valence-electron chi connectivity index (χ4n) is 5.78. The molecule has 3 unspecified atom stereocenters. The number of hydrogen-bond donors (Lipinski definition) is 2. The molecule has 4 rings (SSSR count). The van der Waals surface area contributed by atoms with Crippen LogP contribution in [0.1, 0.15) is 55.5 Å². The Morgan fingerprint density at radius 2 is 1.87 bits per heavy atom. The SMILES string of the molecule is CCOC(=O)C1=C(C)NC(C)C(CCCOC(=O)c2ccc(OCCn3ccnc3)cc2)(C(=O)O)C1c1cccc([N+](=O)[O-])c1. The number of imidazole rings is 1. The number of hydrogen-bond acceptors (Lipinski definition) is 10. The van der Waals surface area contributed by atoms with Crippen molar-refractivity contribution in [2.75, 3.05) is 19.8 Å². The molecular formula is C32H36N4O9. The van der Waals surface area contributed by atoms with Gasteiger partial charge in [0.25, 0.3) is 5.69 Å². The lowest BCUT2D eigenvalue weighted by Gasteiger charge is -2.47. The zero-order valence-corrected chi connectivity index (χ0v) is 25.3. The molecule has 3 aromatic rings.